The molecule has 5 heteroatoms. The van der Waals surface area contributed by atoms with Crippen LogP contribution in [0.2, 0.25) is 5.02 Å². The lowest BCUT2D eigenvalue weighted by Gasteiger charge is -2.21. The molecule has 0 fully saturated rings. The van der Waals surface area contributed by atoms with Gasteiger partial charge in [-0.3, -0.25) is 0 Å². The van der Waals surface area contributed by atoms with Crippen molar-refractivity contribution in [3.63, 3.8) is 0 Å². The van der Waals surface area contributed by atoms with Crippen LogP contribution >= 0.6 is 23.4 Å². The van der Waals surface area contributed by atoms with E-state index in [0.29, 0.717) is 17.1 Å². The standard InChI is InChI=1S/C21H16ClNO2S/c22-15-9-10-17(21(24)25)18(11-15)16-6-2-1-5-14(16)12-23-13-26-20-8-4-3-7-19(20)23/h1-11H,12-13H2,(H,24,25). The first-order chi connectivity index (χ1) is 12.6. The Kier molecular flexibility index (Phi) is 4.62. The Balaban J connectivity index is 1.76. The van der Waals surface area contributed by atoms with Crippen molar-refractivity contribution in [2.24, 2.45) is 0 Å². The second-order valence-electron chi connectivity index (χ2n) is 6.09. The van der Waals surface area contributed by atoms with Gasteiger partial charge in [-0.25, -0.2) is 4.79 Å². The van der Waals surface area contributed by atoms with Crippen LogP contribution in [0.25, 0.3) is 11.1 Å². The van der Waals surface area contributed by atoms with Crippen LogP contribution in [0.4, 0.5) is 5.69 Å². The van der Waals surface area contributed by atoms with Crippen molar-refractivity contribution in [1.82, 2.24) is 0 Å². The molecule has 3 nitrogen and oxygen atoms in total. The molecule has 1 aliphatic heterocycles. The van der Waals surface area contributed by atoms with E-state index in [0.717, 1.165) is 17.0 Å². The molecular weight excluding hydrogens is 366 g/mol. The van der Waals surface area contributed by atoms with Crippen LogP contribution in [0.5, 0.6) is 0 Å². The highest BCUT2D eigenvalue weighted by Crippen LogP contribution is 2.40. The highest BCUT2D eigenvalue weighted by molar-refractivity contribution is 7.99. The maximum Gasteiger partial charge on any atom is 0.336 e. The van der Waals surface area contributed by atoms with Gasteiger partial charge in [-0.15, -0.1) is 11.8 Å². The molecule has 0 spiro atoms. The van der Waals surface area contributed by atoms with Gasteiger partial charge in [0.2, 0.25) is 0 Å². The smallest absolute Gasteiger partial charge is 0.336 e. The first kappa shape index (κ1) is 17.0. The Labute approximate surface area is 161 Å². The zero-order valence-electron chi connectivity index (χ0n) is 13.9. The van der Waals surface area contributed by atoms with E-state index in [1.54, 1.807) is 18.2 Å². The number of anilines is 1. The summed E-state index contributed by atoms with van der Waals surface area (Å²) < 4.78 is 0. The summed E-state index contributed by atoms with van der Waals surface area (Å²) in [6.07, 6.45) is 0. The quantitative estimate of drug-likeness (QED) is 0.622. The molecule has 1 aliphatic rings. The highest BCUT2D eigenvalue weighted by atomic mass is 35.5. The number of fused-ring (bicyclic) bond motifs is 1. The molecule has 3 aromatic rings. The van der Waals surface area contributed by atoms with Crippen molar-refractivity contribution in [2.75, 3.05) is 10.8 Å². The van der Waals surface area contributed by atoms with Gasteiger partial charge in [0.15, 0.2) is 0 Å². The molecule has 26 heavy (non-hydrogen) atoms. The molecular formula is C21H16ClNO2S. The Morgan fingerprint density at radius 2 is 1.81 bits per heavy atom. The number of carbonyl (C=O) groups is 1. The summed E-state index contributed by atoms with van der Waals surface area (Å²) in [6.45, 7) is 0.714. The van der Waals surface area contributed by atoms with E-state index in [4.69, 9.17) is 11.6 Å². The molecule has 3 aromatic carbocycles. The second kappa shape index (κ2) is 7.06. The van der Waals surface area contributed by atoms with E-state index >= 15 is 0 Å². The van der Waals surface area contributed by atoms with Crippen molar-refractivity contribution in [1.29, 1.82) is 0 Å². The van der Waals surface area contributed by atoms with Crippen LogP contribution in [0, 0.1) is 0 Å². The third-order valence-corrected chi connectivity index (χ3v) is 5.79. The topological polar surface area (TPSA) is 40.5 Å². The first-order valence-electron chi connectivity index (χ1n) is 8.21. The number of halogens is 1. The predicted molar refractivity (Wildman–Crippen MR) is 107 cm³/mol. The van der Waals surface area contributed by atoms with E-state index in [2.05, 4.69) is 17.0 Å². The Morgan fingerprint density at radius 3 is 2.65 bits per heavy atom. The third-order valence-electron chi connectivity index (χ3n) is 4.46. The Bertz CT molecular complexity index is 989. The van der Waals surface area contributed by atoms with Gasteiger partial charge in [0.25, 0.3) is 0 Å². The third kappa shape index (κ3) is 3.18. The molecule has 0 aliphatic carbocycles. The fourth-order valence-electron chi connectivity index (χ4n) is 3.24. The predicted octanol–water partition coefficient (Wildman–Crippen LogP) is 5.78. The number of hydrogen-bond donors (Lipinski definition) is 1. The van der Waals surface area contributed by atoms with Gasteiger partial charge >= 0.3 is 5.97 Å². The molecule has 0 amide bonds. The maximum absolute atomic E-state index is 11.7. The van der Waals surface area contributed by atoms with Crippen molar-refractivity contribution in [3.05, 3.63) is 82.9 Å². The van der Waals surface area contributed by atoms with E-state index in [9.17, 15) is 9.90 Å². The summed E-state index contributed by atoms with van der Waals surface area (Å²) in [7, 11) is 0. The lowest BCUT2D eigenvalue weighted by atomic mass is 9.95. The SMILES string of the molecule is O=C(O)c1ccc(Cl)cc1-c1ccccc1CN1CSc2ccccc21. The monoisotopic (exact) mass is 381 g/mol. The van der Waals surface area contributed by atoms with E-state index in [-0.39, 0.29) is 5.56 Å². The van der Waals surface area contributed by atoms with E-state index in [1.807, 2.05) is 48.2 Å². The average Bonchev–Trinajstić information content (AvgIpc) is 3.05. The fraction of sp³-hybridized carbons (Fsp3) is 0.0952. The molecule has 1 N–H and O–H groups in total. The van der Waals surface area contributed by atoms with Crippen LogP contribution in [-0.4, -0.2) is 17.0 Å². The molecule has 0 saturated carbocycles. The van der Waals surface area contributed by atoms with Crippen LogP contribution in [0.1, 0.15) is 15.9 Å². The van der Waals surface area contributed by atoms with Gasteiger partial charge in [-0.1, -0.05) is 48.0 Å². The molecule has 0 radical (unpaired) electrons. The van der Waals surface area contributed by atoms with Crippen LogP contribution in [0.3, 0.4) is 0 Å². The minimum Gasteiger partial charge on any atom is -0.478 e. The number of para-hydroxylation sites is 1. The summed E-state index contributed by atoms with van der Waals surface area (Å²) in [4.78, 5) is 15.3. The van der Waals surface area contributed by atoms with E-state index < -0.39 is 5.97 Å². The van der Waals surface area contributed by atoms with Gasteiger partial charge in [0, 0.05) is 16.5 Å². The zero-order chi connectivity index (χ0) is 18.1. The van der Waals surface area contributed by atoms with Gasteiger partial charge in [-0.2, -0.15) is 0 Å². The first-order valence-corrected chi connectivity index (χ1v) is 9.58. The lowest BCUT2D eigenvalue weighted by Crippen LogP contribution is -2.18. The number of benzene rings is 3. The second-order valence-corrected chi connectivity index (χ2v) is 7.51. The molecule has 1 heterocycles. The molecule has 0 unspecified atom stereocenters. The number of thioether (sulfide) groups is 1. The Hall–Kier alpha value is -2.43. The average molecular weight is 382 g/mol. The zero-order valence-corrected chi connectivity index (χ0v) is 15.4. The number of aromatic carboxylic acids is 1. The lowest BCUT2D eigenvalue weighted by molar-refractivity contribution is 0.0697. The summed E-state index contributed by atoms with van der Waals surface area (Å²) >= 11 is 7.97. The molecule has 4 rings (SSSR count). The number of hydrogen-bond acceptors (Lipinski definition) is 3. The van der Waals surface area contributed by atoms with Crippen molar-refractivity contribution in [2.45, 2.75) is 11.4 Å². The van der Waals surface area contributed by atoms with E-state index in [1.165, 1.54) is 10.6 Å². The van der Waals surface area contributed by atoms with Gasteiger partial charge in [0.1, 0.15) is 0 Å². The normalized spacial score (nSPS) is 12.9. The van der Waals surface area contributed by atoms with Crippen LogP contribution in [0.15, 0.2) is 71.6 Å². The minimum absolute atomic E-state index is 0.262. The number of carboxylic acids is 1. The van der Waals surface area contributed by atoms with Crippen LogP contribution < -0.4 is 4.90 Å². The van der Waals surface area contributed by atoms with Crippen molar-refractivity contribution < 1.29 is 9.90 Å². The van der Waals surface area contributed by atoms with Crippen molar-refractivity contribution in [3.8, 4) is 11.1 Å². The number of rotatable bonds is 4. The number of carboxylic acid groups (broad SMARTS) is 1. The largest absolute Gasteiger partial charge is 0.478 e. The molecule has 0 bridgehead atoms. The molecule has 0 saturated heterocycles. The summed E-state index contributed by atoms with van der Waals surface area (Å²) in [5.41, 5.74) is 4.12. The summed E-state index contributed by atoms with van der Waals surface area (Å²) in [6, 6.07) is 21.2. The Morgan fingerprint density at radius 1 is 1.04 bits per heavy atom. The van der Waals surface area contributed by atoms with Gasteiger partial charge in [0.05, 0.1) is 17.1 Å². The maximum atomic E-state index is 11.7. The van der Waals surface area contributed by atoms with Crippen molar-refractivity contribution >= 4 is 35.0 Å². The fourth-order valence-corrected chi connectivity index (χ4v) is 4.46. The highest BCUT2D eigenvalue weighted by Gasteiger charge is 2.21. The van der Waals surface area contributed by atoms with Gasteiger partial charge < -0.3 is 10.0 Å². The molecule has 0 atom stereocenters. The number of nitrogens with zero attached hydrogens (tertiary/aromatic N) is 1. The summed E-state index contributed by atoms with van der Waals surface area (Å²) in [5, 5.41) is 10.1. The molecule has 130 valence electrons. The van der Waals surface area contributed by atoms with Gasteiger partial charge in [-0.05, 0) is 47.0 Å². The summed E-state index contributed by atoms with van der Waals surface area (Å²) in [5.74, 6) is -0.0665. The molecule has 0 aromatic heterocycles. The van der Waals surface area contributed by atoms with Crippen LogP contribution in [-0.2, 0) is 6.54 Å². The minimum atomic E-state index is -0.950.